The number of aromatic nitrogens is 1. The lowest BCUT2D eigenvalue weighted by Crippen LogP contribution is -2.41. The van der Waals surface area contributed by atoms with Gasteiger partial charge in [0.15, 0.2) is 11.5 Å². The van der Waals surface area contributed by atoms with E-state index in [9.17, 15) is 5.11 Å². The van der Waals surface area contributed by atoms with Gasteiger partial charge in [-0.3, -0.25) is 0 Å². The topological polar surface area (TPSA) is 64.7 Å². The van der Waals surface area contributed by atoms with Crippen molar-refractivity contribution >= 4 is 24.3 Å². The first-order valence-corrected chi connectivity index (χ1v) is 7.76. The minimum absolute atomic E-state index is 0.132. The van der Waals surface area contributed by atoms with E-state index >= 15 is 0 Å². The van der Waals surface area contributed by atoms with Crippen molar-refractivity contribution in [2.24, 2.45) is 0 Å². The molecule has 122 valence electrons. The summed E-state index contributed by atoms with van der Waals surface area (Å²) in [6.07, 6.45) is 1.88. The third kappa shape index (κ3) is 2.94. The Balaban J connectivity index is 1.92. The summed E-state index contributed by atoms with van der Waals surface area (Å²) < 4.78 is 17.5. The van der Waals surface area contributed by atoms with Crippen molar-refractivity contribution in [3.05, 3.63) is 35.1 Å². The number of oxazole rings is 1. The molecule has 1 aromatic carbocycles. The lowest BCUT2D eigenvalue weighted by atomic mass is 9.77. The Labute approximate surface area is 136 Å². The summed E-state index contributed by atoms with van der Waals surface area (Å²) in [6.45, 7) is 9.66. The molecule has 1 fully saturated rings. The summed E-state index contributed by atoms with van der Waals surface area (Å²) in [7, 11) is -0.556. The van der Waals surface area contributed by atoms with E-state index in [-0.39, 0.29) is 6.61 Å². The van der Waals surface area contributed by atoms with E-state index in [1.807, 2.05) is 58.9 Å². The van der Waals surface area contributed by atoms with Gasteiger partial charge in [0, 0.05) is 6.92 Å². The van der Waals surface area contributed by atoms with Gasteiger partial charge in [-0.25, -0.2) is 4.98 Å². The molecule has 3 rings (SSSR count). The van der Waals surface area contributed by atoms with Crippen LogP contribution in [0.15, 0.2) is 28.1 Å². The van der Waals surface area contributed by atoms with Gasteiger partial charge in [0.1, 0.15) is 5.52 Å². The van der Waals surface area contributed by atoms with Crippen LogP contribution in [0.25, 0.3) is 17.2 Å². The van der Waals surface area contributed by atoms with E-state index in [1.165, 1.54) is 0 Å². The number of fused-ring (bicyclic) bond motifs is 1. The van der Waals surface area contributed by atoms with Gasteiger partial charge in [-0.1, -0.05) is 12.1 Å². The van der Waals surface area contributed by atoms with Crippen LogP contribution in [0.5, 0.6) is 0 Å². The van der Waals surface area contributed by atoms with Gasteiger partial charge in [-0.2, -0.15) is 0 Å². The Kier molecular flexibility index (Phi) is 3.87. The van der Waals surface area contributed by atoms with E-state index in [0.717, 1.165) is 16.7 Å². The highest BCUT2D eigenvalue weighted by Crippen LogP contribution is 2.38. The fourth-order valence-corrected chi connectivity index (χ4v) is 2.55. The average molecular weight is 315 g/mol. The van der Waals surface area contributed by atoms with Gasteiger partial charge in [0.2, 0.25) is 0 Å². The summed E-state index contributed by atoms with van der Waals surface area (Å²) in [5.41, 5.74) is 2.29. The van der Waals surface area contributed by atoms with E-state index in [0.29, 0.717) is 11.4 Å². The minimum atomic E-state index is -0.556. The molecule has 1 aliphatic heterocycles. The summed E-state index contributed by atoms with van der Waals surface area (Å²) >= 11 is 0. The van der Waals surface area contributed by atoms with Gasteiger partial charge in [-0.05, 0) is 50.9 Å². The second-order valence-electron chi connectivity index (χ2n) is 6.93. The maximum Gasteiger partial charge on any atom is 0.492 e. The number of nitrogens with zero attached hydrogens (tertiary/aromatic N) is 1. The van der Waals surface area contributed by atoms with Crippen LogP contribution >= 0.6 is 0 Å². The highest BCUT2D eigenvalue weighted by atomic mass is 16.7. The first-order valence-electron chi connectivity index (χ1n) is 7.76. The van der Waals surface area contributed by atoms with Crippen LogP contribution in [0.2, 0.25) is 0 Å². The van der Waals surface area contributed by atoms with Gasteiger partial charge in [-0.15, -0.1) is 0 Å². The first kappa shape index (κ1) is 16.2. The van der Waals surface area contributed by atoms with Crippen LogP contribution in [-0.4, -0.2) is 35.0 Å². The largest absolute Gasteiger partial charge is 0.492 e. The fourth-order valence-electron chi connectivity index (χ4n) is 2.55. The fraction of sp³-hybridized carbons (Fsp3) is 0.471. The predicted octanol–water partition coefficient (Wildman–Crippen LogP) is 3.14. The molecule has 1 aromatic heterocycles. The lowest BCUT2D eigenvalue weighted by Gasteiger charge is -2.32. The van der Waals surface area contributed by atoms with Crippen molar-refractivity contribution in [3.8, 4) is 0 Å². The molecular formula is C17H22BNO4. The zero-order valence-corrected chi connectivity index (χ0v) is 14.2. The number of aryl methyl sites for hydroxylation is 1. The molecule has 0 radical (unpaired) electrons. The second kappa shape index (κ2) is 5.48. The monoisotopic (exact) mass is 315 g/mol. The van der Waals surface area contributed by atoms with Crippen LogP contribution in [-0.2, 0) is 9.31 Å². The third-order valence-corrected chi connectivity index (χ3v) is 4.61. The summed E-state index contributed by atoms with van der Waals surface area (Å²) in [5.74, 6) is 0.634. The summed E-state index contributed by atoms with van der Waals surface area (Å²) in [6, 6.07) is 5.72. The van der Waals surface area contributed by atoms with Crippen molar-refractivity contribution in [1.29, 1.82) is 0 Å². The predicted molar refractivity (Wildman–Crippen MR) is 89.9 cm³/mol. The van der Waals surface area contributed by atoms with E-state index in [1.54, 1.807) is 0 Å². The Morgan fingerprint density at radius 1 is 1.22 bits per heavy atom. The molecule has 1 saturated heterocycles. The van der Waals surface area contributed by atoms with Crippen molar-refractivity contribution in [3.63, 3.8) is 0 Å². The number of hydrogen-bond donors (Lipinski definition) is 1. The molecule has 2 aromatic rings. The van der Waals surface area contributed by atoms with Crippen molar-refractivity contribution in [2.75, 3.05) is 6.61 Å². The van der Waals surface area contributed by atoms with E-state index < -0.39 is 18.3 Å². The summed E-state index contributed by atoms with van der Waals surface area (Å²) in [4.78, 5) is 4.33. The van der Waals surface area contributed by atoms with Gasteiger partial charge in [0.05, 0.1) is 17.8 Å². The molecule has 5 nitrogen and oxygen atoms in total. The number of hydrogen-bond acceptors (Lipinski definition) is 5. The number of rotatable bonds is 3. The molecule has 0 atom stereocenters. The van der Waals surface area contributed by atoms with Crippen LogP contribution in [0, 0.1) is 6.92 Å². The maximum absolute atomic E-state index is 9.74. The number of aliphatic hydroxyl groups excluding tert-OH is 1. The van der Waals surface area contributed by atoms with Gasteiger partial charge >= 0.3 is 7.12 Å². The molecule has 0 bridgehead atoms. The van der Waals surface area contributed by atoms with Crippen molar-refractivity contribution in [1.82, 2.24) is 4.98 Å². The molecule has 1 N–H and O–H groups in total. The third-order valence-electron chi connectivity index (χ3n) is 4.61. The first-order chi connectivity index (χ1) is 10.7. The number of aliphatic hydroxyl groups is 1. The lowest BCUT2D eigenvalue weighted by molar-refractivity contribution is 0.00578. The van der Waals surface area contributed by atoms with Crippen LogP contribution in [0.1, 0.15) is 39.1 Å². The summed E-state index contributed by atoms with van der Waals surface area (Å²) in [5, 5.41) is 9.74. The molecule has 0 spiro atoms. The Morgan fingerprint density at radius 3 is 2.48 bits per heavy atom. The van der Waals surface area contributed by atoms with Gasteiger partial charge < -0.3 is 18.8 Å². The zero-order valence-electron chi connectivity index (χ0n) is 14.2. The maximum atomic E-state index is 9.74. The second-order valence-corrected chi connectivity index (χ2v) is 6.93. The Morgan fingerprint density at radius 2 is 1.87 bits per heavy atom. The quantitative estimate of drug-likeness (QED) is 0.882. The molecule has 2 heterocycles. The molecule has 0 amide bonds. The van der Waals surface area contributed by atoms with E-state index in [2.05, 4.69) is 4.98 Å². The standard InChI is InChI=1S/C17H22BNO4/c1-11-19-14-9-12(6-7-15(14)21-11)8-13(10-20)18-22-16(2,3)17(4,5)23-18/h6-9,20H,10H2,1-5H3. The molecule has 0 aliphatic carbocycles. The minimum Gasteiger partial charge on any atom is -0.441 e. The van der Waals surface area contributed by atoms with Crippen molar-refractivity contribution in [2.45, 2.75) is 45.8 Å². The van der Waals surface area contributed by atoms with E-state index in [4.69, 9.17) is 13.7 Å². The van der Waals surface area contributed by atoms with Crippen LogP contribution in [0.4, 0.5) is 0 Å². The molecule has 6 heteroatoms. The molecule has 23 heavy (non-hydrogen) atoms. The zero-order chi connectivity index (χ0) is 16.8. The smallest absolute Gasteiger partial charge is 0.441 e. The molecule has 0 unspecified atom stereocenters. The van der Waals surface area contributed by atoms with Crippen molar-refractivity contribution < 1.29 is 18.8 Å². The Hall–Kier alpha value is -1.63. The molecule has 0 saturated carbocycles. The Bertz CT molecular complexity index is 747. The highest BCUT2D eigenvalue weighted by molar-refractivity contribution is 6.55. The average Bonchev–Trinajstić information content (AvgIpc) is 2.91. The van der Waals surface area contributed by atoms with Crippen LogP contribution < -0.4 is 0 Å². The SMILES string of the molecule is Cc1nc2cc(C=C(CO)B3OC(C)(C)C(C)(C)O3)ccc2o1. The van der Waals surface area contributed by atoms with Gasteiger partial charge in [0.25, 0.3) is 0 Å². The van der Waals surface area contributed by atoms with Crippen LogP contribution in [0.3, 0.4) is 0 Å². The number of benzene rings is 1. The highest BCUT2D eigenvalue weighted by Gasteiger charge is 2.52. The normalized spacial score (nSPS) is 20.4. The molecular weight excluding hydrogens is 293 g/mol. The molecule has 1 aliphatic rings.